The van der Waals surface area contributed by atoms with Gasteiger partial charge in [-0.3, -0.25) is 4.79 Å². The monoisotopic (exact) mass is 233 g/mol. The predicted molar refractivity (Wildman–Crippen MR) is 62.5 cm³/mol. The largest absolute Gasteiger partial charge is 0.480 e. The van der Waals surface area contributed by atoms with E-state index >= 15 is 0 Å². The lowest BCUT2D eigenvalue weighted by Crippen LogP contribution is -2.43. The molecule has 1 atom stereocenters. The third-order valence-corrected chi connectivity index (χ3v) is 3.04. The fraction of sp³-hybridized carbons (Fsp3) is 0.385. The molecule has 1 aliphatic heterocycles. The number of hydrogen-bond acceptors (Lipinski definition) is 2. The predicted octanol–water partition coefficient (Wildman–Crippen LogP) is 1.30. The van der Waals surface area contributed by atoms with Crippen molar-refractivity contribution in [2.75, 3.05) is 6.54 Å². The summed E-state index contributed by atoms with van der Waals surface area (Å²) in [6.45, 7) is 0.558. The van der Waals surface area contributed by atoms with Gasteiger partial charge in [-0.15, -0.1) is 0 Å². The summed E-state index contributed by atoms with van der Waals surface area (Å²) in [5.41, 5.74) is 0.944. The van der Waals surface area contributed by atoms with Crippen molar-refractivity contribution in [2.24, 2.45) is 0 Å². The quantitative estimate of drug-likeness (QED) is 0.852. The average molecular weight is 233 g/mol. The summed E-state index contributed by atoms with van der Waals surface area (Å²) in [5.74, 6) is -0.975. The van der Waals surface area contributed by atoms with Crippen LogP contribution in [0.2, 0.25) is 0 Å². The van der Waals surface area contributed by atoms with Crippen LogP contribution in [0, 0.1) is 0 Å². The fourth-order valence-electron chi connectivity index (χ4n) is 2.17. The first kappa shape index (κ1) is 11.6. The molecule has 1 heterocycles. The molecule has 0 unspecified atom stereocenters. The Hall–Kier alpha value is -1.84. The van der Waals surface area contributed by atoms with Crippen LogP contribution in [0.5, 0.6) is 0 Å². The van der Waals surface area contributed by atoms with Gasteiger partial charge in [0.15, 0.2) is 0 Å². The van der Waals surface area contributed by atoms with E-state index < -0.39 is 12.0 Å². The van der Waals surface area contributed by atoms with E-state index in [1.807, 2.05) is 30.3 Å². The zero-order valence-electron chi connectivity index (χ0n) is 9.50. The number of carbonyl (C=O) groups excluding carboxylic acids is 1. The summed E-state index contributed by atoms with van der Waals surface area (Å²) in [7, 11) is 0. The van der Waals surface area contributed by atoms with Crippen LogP contribution in [-0.2, 0) is 16.0 Å². The first-order chi connectivity index (χ1) is 8.18. The molecule has 0 aromatic heterocycles. The second kappa shape index (κ2) is 4.99. The second-order valence-corrected chi connectivity index (χ2v) is 4.23. The lowest BCUT2D eigenvalue weighted by atomic mass is 10.1. The average Bonchev–Trinajstić information content (AvgIpc) is 2.73. The summed E-state index contributed by atoms with van der Waals surface area (Å²) in [6, 6.07) is 8.68. The highest BCUT2D eigenvalue weighted by Gasteiger charge is 2.32. The maximum atomic E-state index is 11.6. The molecule has 0 spiro atoms. The Morgan fingerprint density at radius 3 is 2.59 bits per heavy atom. The number of carbonyl (C=O) groups is 2. The Balaban J connectivity index is 2.13. The van der Waals surface area contributed by atoms with Gasteiger partial charge in [0.05, 0.1) is 0 Å². The van der Waals surface area contributed by atoms with Gasteiger partial charge in [-0.2, -0.15) is 0 Å². The minimum absolute atomic E-state index is 0.0478. The first-order valence-corrected chi connectivity index (χ1v) is 5.74. The van der Waals surface area contributed by atoms with Gasteiger partial charge in [0, 0.05) is 19.4 Å². The van der Waals surface area contributed by atoms with Gasteiger partial charge < -0.3 is 10.0 Å². The fourth-order valence-corrected chi connectivity index (χ4v) is 2.17. The molecule has 4 nitrogen and oxygen atoms in total. The first-order valence-electron chi connectivity index (χ1n) is 5.74. The molecule has 0 radical (unpaired) electrons. The summed E-state index contributed by atoms with van der Waals surface area (Å²) in [6.07, 6.45) is 1.61. The Kier molecular flexibility index (Phi) is 3.42. The number of likely N-dealkylation sites (tertiary alicyclic amines) is 1. The maximum absolute atomic E-state index is 11.6. The lowest BCUT2D eigenvalue weighted by molar-refractivity contribution is -0.148. The number of carboxylic acid groups (broad SMARTS) is 1. The van der Waals surface area contributed by atoms with Crippen LogP contribution in [0.15, 0.2) is 30.3 Å². The number of hydrogen-bond donors (Lipinski definition) is 1. The third-order valence-electron chi connectivity index (χ3n) is 3.04. The van der Waals surface area contributed by atoms with E-state index in [0.717, 1.165) is 12.0 Å². The van der Waals surface area contributed by atoms with Crippen molar-refractivity contribution in [3.05, 3.63) is 35.9 Å². The molecule has 4 heteroatoms. The van der Waals surface area contributed by atoms with Crippen LogP contribution >= 0.6 is 0 Å². The topological polar surface area (TPSA) is 57.6 Å². The molecular weight excluding hydrogens is 218 g/mol. The van der Waals surface area contributed by atoms with Crippen molar-refractivity contribution in [1.82, 2.24) is 4.90 Å². The minimum atomic E-state index is -0.927. The number of amides is 1. The summed E-state index contributed by atoms with van der Waals surface area (Å²) in [4.78, 5) is 24.3. The Morgan fingerprint density at radius 2 is 2.06 bits per heavy atom. The molecule has 1 N–H and O–H groups in total. The minimum Gasteiger partial charge on any atom is -0.480 e. The number of nitrogens with zero attached hydrogens (tertiary/aromatic N) is 1. The summed E-state index contributed by atoms with van der Waals surface area (Å²) >= 11 is 0. The van der Waals surface area contributed by atoms with Crippen molar-refractivity contribution in [3.63, 3.8) is 0 Å². The van der Waals surface area contributed by atoms with Gasteiger partial charge in [-0.25, -0.2) is 4.79 Å². The van der Waals surface area contributed by atoms with Crippen molar-refractivity contribution in [3.8, 4) is 0 Å². The molecular formula is C13H15NO3. The molecule has 0 aliphatic carbocycles. The molecule has 17 heavy (non-hydrogen) atoms. The number of aliphatic carboxylic acids is 1. The smallest absolute Gasteiger partial charge is 0.326 e. The third kappa shape index (κ3) is 2.64. The van der Waals surface area contributed by atoms with Crippen molar-refractivity contribution in [2.45, 2.75) is 25.3 Å². The molecule has 90 valence electrons. The van der Waals surface area contributed by atoms with Crippen LogP contribution in [0.3, 0.4) is 0 Å². The van der Waals surface area contributed by atoms with E-state index in [9.17, 15) is 14.7 Å². The SMILES string of the molecule is O=C(O)[C@@H](Cc1ccccc1)N1CCCC1=O. The zero-order chi connectivity index (χ0) is 12.3. The molecule has 1 aliphatic rings. The van der Waals surface area contributed by atoms with Gasteiger partial charge in [0.1, 0.15) is 6.04 Å². The number of rotatable bonds is 4. The number of benzene rings is 1. The van der Waals surface area contributed by atoms with Crippen molar-refractivity contribution < 1.29 is 14.7 Å². The van der Waals surface area contributed by atoms with E-state index in [1.165, 1.54) is 4.90 Å². The van der Waals surface area contributed by atoms with Crippen molar-refractivity contribution in [1.29, 1.82) is 0 Å². The van der Waals surface area contributed by atoms with Crippen molar-refractivity contribution >= 4 is 11.9 Å². The van der Waals surface area contributed by atoms with Gasteiger partial charge in [0.25, 0.3) is 0 Å². The van der Waals surface area contributed by atoms with E-state index in [2.05, 4.69) is 0 Å². The Morgan fingerprint density at radius 1 is 1.35 bits per heavy atom. The highest BCUT2D eigenvalue weighted by Crippen LogP contribution is 2.17. The second-order valence-electron chi connectivity index (χ2n) is 4.23. The molecule has 1 aromatic carbocycles. The molecule has 1 aromatic rings. The molecule has 1 saturated heterocycles. The van der Waals surface area contributed by atoms with Gasteiger partial charge in [-0.1, -0.05) is 30.3 Å². The van der Waals surface area contributed by atoms with Crippen LogP contribution < -0.4 is 0 Å². The van der Waals surface area contributed by atoms with E-state index in [1.54, 1.807) is 0 Å². The van der Waals surface area contributed by atoms with Crippen LogP contribution in [-0.4, -0.2) is 34.5 Å². The van der Waals surface area contributed by atoms with E-state index in [-0.39, 0.29) is 5.91 Å². The van der Waals surface area contributed by atoms with Gasteiger partial charge in [0.2, 0.25) is 5.91 Å². The molecule has 1 amide bonds. The van der Waals surface area contributed by atoms with Gasteiger partial charge >= 0.3 is 5.97 Å². The number of carboxylic acids is 1. The van der Waals surface area contributed by atoms with Crippen LogP contribution in [0.1, 0.15) is 18.4 Å². The highest BCUT2D eigenvalue weighted by atomic mass is 16.4. The maximum Gasteiger partial charge on any atom is 0.326 e. The van der Waals surface area contributed by atoms with E-state index in [4.69, 9.17) is 0 Å². The summed E-state index contributed by atoms with van der Waals surface area (Å²) < 4.78 is 0. The molecule has 0 saturated carbocycles. The van der Waals surface area contributed by atoms with Gasteiger partial charge in [-0.05, 0) is 12.0 Å². The van der Waals surface area contributed by atoms with E-state index in [0.29, 0.717) is 19.4 Å². The normalized spacial score (nSPS) is 17.2. The van der Waals surface area contributed by atoms with Crippen LogP contribution in [0.25, 0.3) is 0 Å². The standard InChI is InChI=1S/C13H15NO3/c15-12-7-4-8-14(12)11(13(16)17)9-10-5-2-1-3-6-10/h1-3,5-6,11H,4,7-9H2,(H,16,17)/t11-/m1/s1. The highest BCUT2D eigenvalue weighted by molar-refractivity contribution is 5.85. The Bertz CT molecular complexity index is 416. The zero-order valence-corrected chi connectivity index (χ0v) is 9.50. The Labute approximate surface area is 99.9 Å². The molecule has 1 fully saturated rings. The lowest BCUT2D eigenvalue weighted by Gasteiger charge is -2.24. The summed E-state index contributed by atoms with van der Waals surface area (Å²) in [5, 5.41) is 9.22. The molecule has 2 rings (SSSR count). The van der Waals surface area contributed by atoms with Crippen LogP contribution in [0.4, 0.5) is 0 Å². The molecule has 0 bridgehead atoms.